The van der Waals surface area contributed by atoms with Gasteiger partial charge >= 0.3 is 0 Å². The summed E-state index contributed by atoms with van der Waals surface area (Å²) >= 11 is 5.97. The van der Waals surface area contributed by atoms with Crippen LogP contribution in [0.25, 0.3) is 0 Å². The minimum absolute atomic E-state index is 0.00742. The van der Waals surface area contributed by atoms with Crippen LogP contribution < -0.4 is 10.9 Å². The standard InChI is InChI=1S/C20H23ClN4O3/c21-14-3-1-13(2-4-14)18-11-25-10-16(9-17(25)12-28-18)22-19(26)7-5-15-6-8-20(27)24-23-15/h1-4,6,8,16-18H,5,7,9-12H2,(H,22,26)(H,24,27)/t16-,17+,18-/m1/s1. The summed E-state index contributed by atoms with van der Waals surface area (Å²) in [6.07, 6.45) is 1.79. The molecule has 2 saturated heterocycles. The lowest BCUT2D eigenvalue weighted by atomic mass is 10.1. The molecular weight excluding hydrogens is 380 g/mol. The first kappa shape index (κ1) is 19.1. The first-order valence-electron chi connectivity index (χ1n) is 9.52. The van der Waals surface area contributed by atoms with E-state index in [0.717, 1.165) is 30.1 Å². The molecule has 4 rings (SSSR count). The number of carbonyl (C=O) groups is 1. The van der Waals surface area contributed by atoms with Crippen molar-refractivity contribution in [1.29, 1.82) is 0 Å². The van der Waals surface area contributed by atoms with Crippen LogP contribution in [-0.2, 0) is 16.0 Å². The van der Waals surface area contributed by atoms with Crippen LogP contribution in [0, 0.1) is 0 Å². The van der Waals surface area contributed by atoms with E-state index in [1.54, 1.807) is 6.07 Å². The molecule has 148 valence electrons. The Hall–Kier alpha value is -2.22. The molecular formula is C20H23ClN4O3. The van der Waals surface area contributed by atoms with Gasteiger partial charge in [0.25, 0.3) is 5.56 Å². The second-order valence-corrected chi connectivity index (χ2v) is 7.83. The van der Waals surface area contributed by atoms with Crippen molar-refractivity contribution in [3.8, 4) is 0 Å². The summed E-state index contributed by atoms with van der Waals surface area (Å²) in [4.78, 5) is 25.7. The van der Waals surface area contributed by atoms with E-state index in [4.69, 9.17) is 16.3 Å². The molecule has 1 aromatic carbocycles. The first-order chi connectivity index (χ1) is 13.6. The van der Waals surface area contributed by atoms with Crippen LogP contribution in [0.1, 0.15) is 30.2 Å². The number of aromatic amines is 1. The summed E-state index contributed by atoms with van der Waals surface area (Å²) in [5.41, 5.74) is 1.59. The van der Waals surface area contributed by atoms with Crippen LogP contribution in [0.5, 0.6) is 0 Å². The van der Waals surface area contributed by atoms with Gasteiger partial charge in [0, 0.05) is 49.1 Å². The summed E-state index contributed by atoms with van der Waals surface area (Å²) in [5.74, 6) is 0.00742. The minimum atomic E-state index is -0.241. The number of nitrogens with one attached hydrogen (secondary N) is 2. The lowest BCUT2D eigenvalue weighted by Crippen LogP contribution is -2.43. The number of ether oxygens (including phenoxy) is 1. The van der Waals surface area contributed by atoms with Crippen LogP contribution in [0.4, 0.5) is 0 Å². The SMILES string of the molecule is O=C(CCc1ccc(=O)[nH]n1)N[C@@H]1C[C@H]2CO[C@@H](c3ccc(Cl)cc3)CN2C1. The molecule has 3 heterocycles. The highest BCUT2D eigenvalue weighted by Crippen LogP contribution is 2.30. The zero-order valence-electron chi connectivity index (χ0n) is 15.4. The Labute approximate surface area is 168 Å². The molecule has 0 bridgehead atoms. The molecule has 0 saturated carbocycles. The Morgan fingerprint density at radius 3 is 2.82 bits per heavy atom. The van der Waals surface area contributed by atoms with Gasteiger partial charge in [-0.2, -0.15) is 5.10 Å². The predicted octanol–water partition coefficient (Wildman–Crippen LogP) is 1.69. The number of aromatic nitrogens is 2. The maximum absolute atomic E-state index is 12.3. The number of aryl methyl sites for hydroxylation is 1. The Balaban J connectivity index is 1.26. The molecule has 28 heavy (non-hydrogen) atoms. The van der Waals surface area contributed by atoms with Crippen molar-refractivity contribution in [2.45, 2.75) is 37.5 Å². The largest absolute Gasteiger partial charge is 0.371 e. The molecule has 2 aliphatic rings. The zero-order chi connectivity index (χ0) is 19.5. The first-order valence-corrected chi connectivity index (χ1v) is 9.90. The molecule has 2 aromatic rings. The fraction of sp³-hybridized carbons (Fsp3) is 0.450. The number of hydrogen-bond acceptors (Lipinski definition) is 5. The van der Waals surface area contributed by atoms with Crippen molar-refractivity contribution in [1.82, 2.24) is 20.4 Å². The third kappa shape index (κ3) is 4.60. The van der Waals surface area contributed by atoms with Gasteiger partial charge in [0.15, 0.2) is 0 Å². The van der Waals surface area contributed by atoms with Gasteiger partial charge in [0.2, 0.25) is 5.91 Å². The number of H-pyrrole nitrogens is 1. The Bertz CT molecular complexity index is 865. The van der Waals surface area contributed by atoms with Gasteiger partial charge in [0.05, 0.1) is 18.4 Å². The van der Waals surface area contributed by atoms with Gasteiger partial charge in [-0.05, 0) is 30.2 Å². The molecule has 0 unspecified atom stereocenters. The summed E-state index contributed by atoms with van der Waals surface area (Å²) < 4.78 is 6.05. The third-order valence-corrected chi connectivity index (χ3v) is 5.62. The number of nitrogens with zero attached hydrogens (tertiary/aromatic N) is 2. The average Bonchev–Trinajstić information content (AvgIpc) is 3.09. The maximum Gasteiger partial charge on any atom is 0.264 e. The van der Waals surface area contributed by atoms with E-state index in [1.807, 2.05) is 24.3 Å². The third-order valence-electron chi connectivity index (χ3n) is 5.37. The van der Waals surface area contributed by atoms with E-state index in [0.29, 0.717) is 31.2 Å². The molecule has 2 N–H and O–H groups in total. The fourth-order valence-electron chi connectivity index (χ4n) is 3.91. The quantitative estimate of drug-likeness (QED) is 0.794. The van der Waals surface area contributed by atoms with Gasteiger partial charge in [0.1, 0.15) is 0 Å². The van der Waals surface area contributed by atoms with Crippen LogP contribution in [-0.4, -0.2) is 52.8 Å². The number of hydrogen-bond donors (Lipinski definition) is 2. The van der Waals surface area contributed by atoms with Gasteiger partial charge in [-0.3, -0.25) is 14.5 Å². The van der Waals surface area contributed by atoms with Crippen LogP contribution in [0.15, 0.2) is 41.2 Å². The molecule has 0 spiro atoms. The molecule has 2 aliphatic heterocycles. The molecule has 1 aromatic heterocycles. The van der Waals surface area contributed by atoms with E-state index < -0.39 is 0 Å². The number of halogens is 1. The Morgan fingerprint density at radius 2 is 2.07 bits per heavy atom. The fourth-order valence-corrected chi connectivity index (χ4v) is 4.04. The van der Waals surface area contributed by atoms with E-state index in [2.05, 4.69) is 20.4 Å². The van der Waals surface area contributed by atoms with Crippen molar-refractivity contribution in [3.63, 3.8) is 0 Å². The van der Waals surface area contributed by atoms with Gasteiger partial charge < -0.3 is 10.1 Å². The number of carbonyl (C=O) groups excluding carboxylic acids is 1. The summed E-state index contributed by atoms with van der Waals surface area (Å²) in [6.45, 7) is 2.32. The highest BCUT2D eigenvalue weighted by atomic mass is 35.5. The van der Waals surface area contributed by atoms with E-state index >= 15 is 0 Å². The van der Waals surface area contributed by atoms with Gasteiger partial charge in [-0.15, -0.1) is 0 Å². The monoisotopic (exact) mass is 402 g/mol. The molecule has 8 heteroatoms. The second-order valence-electron chi connectivity index (χ2n) is 7.39. The highest BCUT2D eigenvalue weighted by Gasteiger charge is 2.38. The number of benzene rings is 1. The van der Waals surface area contributed by atoms with Crippen molar-refractivity contribution in [2.75, 3.05) is 19.7 Å². The molecule has 1 amide bonds. The molecule has 7 nitrogen and oxygen atoms in total. The lowest BCUT2D eigenvalue weighted by molar-refractivity contribution is -0.121. The molecule has 3 atom stereocenters. The van der Waals surface area contributed by atoms with Crippen molar-refractivity contribution < 1.29 is 9.53 Å². The van der Waals surface area contributed by atoms with Crippen molar-refractivity contribution >= 4 is 17.5 Å². The maximum atomic E-state index is 12.3. The molecule has 0 radical (unpaired) electrons. The van der Waals surface area contributed by atoms with E-state index in [-0.39, 0.29) is 23.6 Å². The molecule has 0 aliphatic carbocycles. The Kier molecular flexibility index (Phi) is 5.75. The smallest absolute Gasteiger partial charge is 0.264 e. The number of rotatable bonds is 5. The highest BCUT2D eigenvalue weighted by molar-refractivity contribution is 6.30. The zero-order valence-corrected chi connectivity index (χ0v) is 16.2. The lowest BCUT2D eigenvalue weighted by Gasteiger charge is -2.35. The number of amides is 1. The second kappa shape index (κ2) is 8.43. The van der Waals surface area contributed by atoms with Gasteiger partial charge in [-0.1, -0.05) is 23.7 Å². The minimum Gasteiger partial charge on any atom is -0.371 e. The number of morpholine rings is 1. The van der Waals surface area contributed by atoms with E-state index in [1.165, 1.54) is 6.07 Å². The van der Waals surface area contributed by atoms with Gasteiger partial charge in [-0.25, -0.2) is 5.10 Å². The number of fused-ring (bicyclic) bond motifs is 1. The van der Waals surface area contributed by atoms with E-state index in [9.17, 15) is 9.59 Å². The molecule has 2 fully saturated rings. The van der Waals surface area contributed by atoms with Crippen LogP contribution in [0.2, 0.25) is 5.02 Å². The van der Waals surface area contributed by atoms with Crippen LogP contribution in [0.3, 0.4) is 0 Å². The average molecular weight is 403 g/mol. The predicted molar refractivity (Wildman–Crippen MR) is 105 cm³/mol. The van der Waals surface area contributed by atoms with Crippen LogP contribution >= 0.6 is 11.6 Å². The summed E-state index contributed by atoms with van der Waals surface area (Å²) in [6, 6.07) is 11.3. The summed E-state index contributed by atoms with van der Waals surface area (Å²) in [7, 11) is 0. The van der Waals surface area contributed by atoms with Crippen molar-refractivity contribution in [2.24, 2.45) is 0 Å². The topological polar surface area (TPSA) is 87.3 Å². The Morgan fingerprint density at radius 1 is 1.25 bits per heavy atom. The van der Waals surface area contributed by atoms with Crippen molar-refractivity contribution in [3.05, 3.63) is 63.0 Å². The summed E-state index contributed by atoms with van der Waals surface area (Å²) in [5, 5.41) is 10.2. The normalized spacial score (nSPS) is 24.7.